The van der Waals surface area contributed by atoms with E-state index in [1.165, 1.54) is 37.6 Å². The van der Waals surface area contributed by atoms with E-state index in [0.29, 0.717) is 26.9 Å². The van der Waals surface area contributed by atoms with Gasteiger partial charge in [-0.2, -0.15) is 5.10 Å². The Kier molecular flexibility index (Phi) is 5.25. The molecule has 0 bridgehead atoms. The lowest BCUT2D eigenvalue weighted by molar-refractivity contribution is 0.0955. The Hall–Kier alpha value is -2.24. The molecule has 0 heterocycles. The molecule has 0 radical (unpaired) electrons. The number of hydrogen-bond acceptors (Lipinski definition) is 4. The van der Waals surface area contributed by atoms with Crippen molar-refractivity contribution in [2.24, 2.45) is 5.10 Å². The number of nitrogens with zero attached hydrogens (tertiary/aromatic N) is 1. The molecule has 0 fully saturated rings. The molecule has 1 amide bonds. The van der Waals surface area contributed by atoms with Gasteiger partial charge in [0.15, 0.2) is 0 Å². The normalized spacial score (nSPS) is 10.7. The number of ether oxygens (including phenoxy) is 1. The van der Waals surface area contributed by atoms with Gasteiger partial charge < -0.3 is 9.84 Å². The summed E-state index contributed by atoms with van der Waals surface area (Å²) in [6.07, 6.45) is 1.38. The van der Waals surface area contributed by atoms with Gasteiger partial charge in [-0.05, 0) is 36.4 Å². The van der Waals surface area contributed by atoms with Crippen molar-refractivity contribution in [3.63, 3.8) is 0 Å². The van der Waals surface area contributed by atoms with Crippen LogP contribution in [-0.2, 0) is 0 Å². The van der Waals surface area contributed by atoms with Crippen LogP contribution >= 0.6 is 23.2 Å². The molecule has 7 heteroatoms. The van der Waals surface area contributed by atoms with Crippen LogP contribution in [0.25, 0.3) is 0 Å². The van der Waals surface area contributed by atoms with Crippen LogP contribution in [0.2, 0.25) is 10.0 Å². The molecule has 0 saturated heterocycles. The van der Waals surface area contributed by atoms with Gasteiger partial charge in [0, 0.05) is 16.1 Å². The molecule has 0 saturated carbocycles. The Morgan fingerprint density at radius 1 is 1.27 bits per heavy atom. The van der Waals surface area contributed by atoms with Gasteiger partial charge in [0.2, 0.25) is 0 Å². The third-order valence-corrected chi connectivity index (χ3v) is 3.24. The molecular formula is C15H12Cl2N2O3. The van der Waals surface area contributed by atoms with Crippen LogP contribution in [0.1, 0.15) is 15.9 Å². The number of methoxy groups -OCH3 is 1. The number of nitrogens with one attached hydrogen (secondary N) is 1. The molecule has 0 aliphatic rings. The van der Waals surface area contributed by atoms with E-state index in [0.717, 1.165) is 0 Å². The molecule has 2 aromatic rings. The first-order chi connectivity index (χ1) is 10.5. The molecule has 0 unspecified atom stereocenters. The number of hydrazone groups is 1. The highest BCUT2D eigenvalue weighted by molar-refractivity contribution is 6.36. The van der Waals surface area contributed by atoms with E-state index in [2.05, 4.69) is 10.5 Å². The maximum absolute atomic E-state index is 11.8. The Balaban J connectivity index is 2.12. The summed E-state index contributed by atoms with van der Waals surface area (Å²) in [4.78, 5) is 11.8. The molecular weight excluding hydrogens is 327 g/mol. The number of carbonyl (C=O) groups excluding carboxylic acids is 1. The van der Waals surface area contributed by atoms with E-state index in [-0.39, 0.29) is 5.75 Å². The van der Waals surface area contributed by atoms with E-state index in [4.69, 9.17) is 27.9 Å². The van der Waals surface area contributed by atoms with Gasteiger partial charge in [-0.25, -0.2) is 5.43 Å². The smallest absolute Gasteiger partial charge is 0.271 e. The van der Waals surface area contributed by atoms with Crippen LogP contribution in [0.5, 0.6) is 11.5 Å². The van der Waals surface area contributed by atoms with Crippen molar-refractivity contribution >= 4 is 35.3 Å². The highest BCUT2D eigenvalue weighted by Gasteiger charge is 2.08. The SMILES string of the molecule is COc1c(Cl)cc(Cl)cc1/C=N\NC(=O)c1ccc(O)cc1. The molecule has 2 N–H and O–H groups in total. The lowest BCUT2D eigenvalue weighted by atomic mass is 10.2. The maximum Gasteiger partial charge on any atom is 0.271 e. The monoisotopic (exact) mass is 338 g/mol. The van der Waals surface area contributed by atoms with Crippen LogP contribution in [-0.4, -0.2) is 24.3 Å². The molecule has 0 aromatic heterocycles. The number of hydrogen-bond donors (Lipinski definition) is 2. The summed E-state index contributed by atoms with van der Waals surface area (Å²) in [6, 6.07) is 8.96. The minimum absolute atomic E-state index is 0.0818. The minimum Gasteiger partial charge on any atom is -0.508 e. The Morgan fingerprint density at radius 3 is 2.59 bits per heavy atom. The molecule has 0 spiro atoms. The number of amides is 1. The van der Waals surface area contributed by atoms with Gasteiger partial charge in [0.1, 0.15) is 11.5 Å². The van der Waals surface area contributed by atoms with Crippen molar-refractivity contribution in [1.82, 2.24) is 5.43 Å². The van der Waals surface area contributed by atoms with Gasteiger partial charge >= 0.3 is 0 Å². The number of phenols is 1. The average molecular weight is 339 g/mol. The van der Waals surface area contributed by atoms with Crippen molar-refractivity contribution in [3.05, 3.63) is 57.6 Å². The van der Waals surface area contributed by atoms with Crippen LogP contribution < -0.4 is 10.2 Å². The number of aromatic hydroxyl groups is 1. The largest absolute Gasteiger partial charge is 0.508 e. The van der Waals surface area contributed by atoms with Crippen LogP contribution in [0.15, 0.2) is 41.5 Å². The van der Waals surface area contributed by atoms with Crippen LogP contribution in [0, 0.1) is 0 Å². The minimum atomic E-state index is -0.414. The third kappa shape index (κ3) is 3.90. The fourth-order valence-electron chi connectivity index (χ4n) is 1.73. The Morgan fingerprint density at radius 2 is 1.95 bits per heavy atom. The Labute approximate surface area is 137 Å². The summed E-state index contributed by atoms with van der Waals surface area (Å²) in [7, 11) is 1.47. The summed E-state index contributed by atoms with van der Waals surface area (Å²) >= 11 is 11.9. The number of phenolic OH excluding ortho intramolecular Hbond substituents is 1. The van der Waals surface area contributed by atoms with Gasteiger partial charge in [-0.1, -0.05) is 23.2 Å². The summed E-state index contributed by atoms with van der Waals surface area (Å²) in [5, 5.41) is 13.8. The van der Waals surface area contributed by atoms with E-state index >= 15 is 0 Å². The molecule has 2 aromatic carbocycles. The highest BCUT2D eigenvalue weighted by atomic mass is 35.5. The van der Waals surface area contributed by atoms with E-state index in [1.807, 2.05) is 0 Å². The van der Waals surface area contributed by atoms with E-state index in [1.54, 1.807) is 12.1 Å². The van der Waals surface area contributed by atoms with Gasteiger partial charge in [-0.15, -0.1) is 0 Å². The fraction of sp³-hybridized carbons (Fsp3) is 0.0667. The summed E-state index contributed by atoms with van der Waals surface area (Å²) in [5.74, 6) is 0.0791. The van der Waals surface area contributed by atoms with Crippen LogP contribution in [0.4, 0.5) is 0 Å². The second-order valence-electron chi connectivity index (χ2n) is 4.26. The first kappa shape index (κ1) is 16.1. The zero-order chi connectivity index (χ0) is 16.1. The van der Waals surface area contributed by atoms with Gasteiger partial charge in [-0.3, -0.25) is 4.79 Å². The fourth-order valence-corrected chi connectivity index (χ4v) is 2.32. The average Bonchev–Trinajstić information content (AvgIpc) is 2.47. The van der Waals surface area contributed by atoms with Gasteiger partial charge in [0.05, 0.1) is 18.3 Å². The molecule has 22 heavy (non-hydrogen) atoms. The maximum atomic E-state index is 11.8. The molecule has 5 nitrogen and oxygen atoms in total. The molecule has 2 rings (SSSR count). The second kappa shape index (κ2) is 7.15. The van der Waals surface area contributed by atoms with E-state index in [9.17, 15) is 9.90 Å². The number of rotatable bonds is 4. The van der Waals surface area contributed by atoms with Gasteiger partial charge in [0.25, 0.3) is 5.91 Å². The third-order valence-electron chi connectivity index (χ3n) is 2.74. The van der Waals surface area contributed by atoms with Crippen molar-refractivity contribution in [2.75, 3.05) is 7.11 Å². The summed E-state index contributed by atoms with van der Waals surface area (Å²) in [5.41, 5.74) is 3.26. The number of carbonyl (C=O) groups is 1. The quantitative estimate of drug-likeness (QED) is 0.662. The molecule has 0 aliphatic carbocycles. The molecule has 114 valence electrons. The molecule has 0 atom stereocenters. The Bertz CT molecular complexity index is 715. The van der Waals surface area contributed by atoms with E-state index < -0.39 is 5.91 Å². The van der Waals surface area contributed by atoms with Crippen LogP contribution in [0.3, 0.4) is 0 Å². The lowest BCUT2D eigenvalue weighted by Gasteiger charge is -2.07. The number of halogens is 2. The summed E-state index contributed by atoms with van der Waals surface area (Å²) in [6.45, 7) is 0. The number of benzene rings is 2. The first-order valence-electron chi connectivity index (χ1n) is 6.16. The predicted molar refractivity (Wildman–Crippen MR) is 86.2 cm³/mol. The molecule has 0 aliphatic heterocycles. The van der Waals surface area contributed by atoms with Crippen molar-refractivity contribution in [2.45, 2.75) is 0 Å². The lowest BCUT2D eigenvalue weighted by Crippen LogP contribution is -2.17. The highest BCUT2D eigenvalue weighted by Crippen LogP contribution is 2.31. The first-order valence-corrected chi connectivity index (χ1v) is 6.92. The van der Waals surface area contributed by atoms with Crippen molar-refractivity contribution in [3.8, 4) is 11.5 Å². The van der Waals surface area contributed by atoms with Crippen molar-refractivity contribution in [1.29, 1.82) is 0 Å². The zero-order valence-electron chi connectivity index (χ0n) is 11.5. The predicted octanol–water partition coefficient (Wildman–Crippen LogP) is 3.47. The topological polar surface area (TPSA) is 70.9 Å². The zero-order valence-corrected chi connectivity index (χ0v) is 13.0. The second-order valence-corrected chi connectivity index (χ2v) is 5.10. The standard InChI is InChI=1S/C15H12Cl2N2O3/c1-22-14-10(6-11(16)7-13(14)17)8-18-19-15(21)9-2-4-12(20)5-3-9/h2-8,20H,1H3,(H,19,21)/b18-8-. The summed E-state index contributed by atoms with van der Waals surface area (Å²) < 4.78 is 5.16. The van der Waals surface area contributed by atoms with Crippen molar-refractivity contribution < 1.29 is 14.6 Å².